The number of nitrogens with one attached hydrogen (secondary N) is 2. The molecule has 0 radical (unpaired) electrons. The van der Waals surface area contributed by atoms with E-state index in [0.29, 0.717) is 11.3 Å². The molecule has 0 aromatic heterocycles. The lowest BCUT2D eigenvalue weighted by Gasteiger charge is -2.29. The van der Waals surface area contributed by atoms with E-state index in [1.807, 2.05) is 24.3 Å². The zero-order valence-corrected chi connectivity index (χ0v) is 15.2. The maximum Gasteiger partial charge on any atom is 0.338 e. The fourth-order valence-corrected chi connectivity index (χ4v) is 2.67. The number of allylic oxidation sites excluding steroid dienone is 1. The fourth-order valence-electron chi connectivity index (χ4n) is 2.67. The lowest BCUT2D eigenvalue weighted by molar-refractivity contribution is -0.143. The predicted octanol–water partition coefficient (Wildman–Crippen LogP) is 3.56. The summed E-state index contributed by atoms with van der Waals surface area (Å²) in [6.45, 7) is 11.7. The first-order chi connectivity index (χ1) is 11.1. The number of benzene rings is 1. The van der Waals surface area contributed by atoms with Gasteiger partial charge < -0.3 is 15.4 Å². The molecule has 1 aliphatic heterocycles. The highest BCUT2D eigenvalue weighted by atomic mass is 16.5. The Morgan fingerprint density at radius 3 is 2.25 bits per heavy atom. The van der Waals surface area contributed by atoms with Gasteiger partial charge in [0.1, 0.15) is 0 Å². The van der Waals surface area contributed by atoms with Crippen LogP contribution in [0, 0.1) is 0 Å². The summed E-state index contributed by atoms with van der Waals surface area (Å²) in [6.07, 6.45) is -0.223. The largest absolute Gasteiger partial charge is 0.459 e. The summed E-state index contributed by atoms with van der Waals surface area (Å²) in [7, 11) is 0. The van der Waals surface area contributed by atoms with Crippen LogP contribution in [0.1, 0.15) is 58.7 Å². The number of urea groups is 1. The molecule has 0 bridgehead atoms. The van der Waals surface area contributed by atoms with E-state index in [1.54, 1.807) is 20.8 Å². The van der Waals surface area contributed by atoms with Crippen LogP contribution in [0.15, 0.2) is 35.5 Å². The summed E-state index contributed by atoms with van der Waals surface area (Å²) in [6, 6.07) is 7.13. The highest BCUT2D eigenvalue weighted by molar-refractivity contribution is 5.95. The van der Waals surface area contributed by atoms with Gasteiger partial charge in [0.15, 0.2) is 0 Å². The van der Waals surface area contributed by atoms with Crippen molar-refractivity contribution in [3.8, 4) is 0 Å². The second-order valence-electron chi connectivity index (χ2n) is 7.40. The molecular formula is C19H26N2O3. The minimum Gasteiger partial charge on any atom is -0.459 e. The predicted molar refractivity (Wildman–Crippen MR) is 93.5 cm³/mol. The van der Waals surface area contributed by atoms with E-state index in [2.05, 4.69) is 31.4 Å². The van der Waals surface area contributed by atoms with Gasteiger partial charge in [-0.15, -0.1) is 0 Å². The third kappa shape index (κ3) is 3.96. The van der Waals surface area contributed by atoms with Gasteiger partial charge in [-0.05, 0) is 37.3 Å². The highest BCUT2D eigenvalue weighted by Crippen LogP contribution is 2.30. The summed E-state index contributed by atoms with van der Waals surface area (Å²) >= 11 is 0. The first-order valence-corrected chi connectivity index (χ1v) is 8.19. The van der Waals surface area contributed by atoms with E-state index < -0.39 is 12.0 Å². The lowest BCUT2D eigenvalue weighted by atomic mass is 9.85. The molecule has 2 N–H and O–H groups in total. The molecule has 0 spiro atoms. The van der Waals surface area contributed by atoms with Gasteiger partial charge in [0.05, 0.1) is 17.7 Å². The molecule has 0 saturated carbocycles. The average Bonchev–Trinajstić information content (AvgIpc) is 2.44. The van der Waals surface area contributed by atoms with E-state index in [-0.39, 0.29) is 17.6 Å². The number of amides is 2. The third-order valence-corrected chi connectivity index (χ3v) is 3.94. The van der Waals surface area contributed by atoms with Gasteiger partial charge in [0.25, 0.3) is 0 Å². The number of carbonyl (C=O) groups is 2. The number of esters is 1. The fraction of sp³-hybridized carbons (Fsp3) is 0.474. The molecule has 5 heteroatoms. The summed E-state index contributed by atoms with van der Waals surface area (Å²) in [5, 5.41) is 5.46. The Hall–Kier alpha value is -2.30. The molecule has 2 rings (SSSR count). The Kier molecular flexibility index (Phi) is 5.02. The van der Waals surface area contributed by atoms with Crippen molar-refractivity contribution >= 4 is 12.0 Å². The van der Waals surface area contributed by atoms with Crippen molar-refractivity contribution < 1.29 is 14.3 Å². The van der Waals surface area contributed by atoms with Gasteiger partial charge in [-0.1, -0.05) is 45.0 Å². The smallest absolute Gasteiger partial charge is 0.338 e. The maximum absolute atomic E-state index is 12.5. The quantitative estimate of drug-likeness (QED) is 0.833. The van der Waals surface area contributed by atoms with Crippen molar-refractivity contribution in [3.63, 3.8) is 0 Å². The first kappa shape index (κ1) is 18.0. The molecular weight excluding hydrogens is 304 g/mol. The Morgan fingerprint density at radius 1 is 1.17 bits per heavy atom. The molecule has 0 fully saturated rings. The molecule has 1 aromatic carbocycles. The molecule has 1 atom stereocenters. The van der Waals surface area contributed by atoms with Crippen LogP contribution in [0.2, 0.25) is 0 Å². The summed E-state index contributed by atoms with van der Waals surface area (Å²) in [4.78, 5) is 24.3. The Morgan fingerprint density at radius 2 is 1.75 bits per heavy atom. The van der Waals surface area contributed by atoms with Gasteiger partial charge in [0.2, 0.25) is 0 Å². The number of ether oxygens (including phenoxy) is 1. The molecule has 1 heterocycles. The van der Waals surface area contributed by atoms with Crippen molar-refractivity contribution in [2.24, 2.45) is 0 Å². The van der Waals surface area contributed by atoms with Gasteiger partial charge >= 0.3 is 12.0 Å². The second-order valence-corrected chi connectivity index (χ2v) is 7.40. The third-order valence-electron chi connectivity index (χ3n) is 3.94. The van der Waals surface area contributed by atoms with Crippen molar-refractivity contribution in [2.45, 2.75) is 59.1 Å². The monoisotopic (exact) mass is 330 g/mol. The Labute approximate surface area is 143 Å². The number of hydrogen-bond acceptors (Lipinski definition) is 3. The maximum atomic E-state index is 12.5. The molecule has 1 aliphatic rings. The molecule has 0 aliphatic carbocycles. The average molecular weight is 330 g/mol. The van der Waals surface area contributed by atoms with E-state index >= 15 is 0 Å². The number of rotatable bonds is 3. The van der Waals surface area contributed by atoms with Crippen LogP contribution in [-0.4, -0.2) is 18.1 Å². The van der Waals surface area contributed by atoms with Gasteiger partial charge in [-0.3, -0.25) is 0 Å². The zero-order chi connectivity index (χ0) is 18.1. The van der Waals surface area contributed by atoms with Crippen LogP contribution in [0.5, 0.6) is 0 Å². The molecule has 24 heavy (non-hydrogen) atoms. The van der Waals surface area contributed by atoms with E-state index in [9.17, 15) is 9.59 Å². The minimum absolute atomic E-state index is 0.0427. The Balaban J connectivity index is 2.39. The van der Waals surface area contributed by atoms with Gasteiger partial charge in [-0.25, -0.2) is 9.59 Å². The van der Waals surface area contributed by atoms with Crippen LogP contribution in [0.4, 0.5) is 4.79 Å². The summed E-state index contributed by atoms with van der Waals surface area (Å²) < 4.78 is 5.34. The highest BCUT2D eigenvalue weighted by Gasteiger charge is 2.32. The molecule has 1 aromatic rings. The molecule has 0 unspecified atom stereocenters. The van der Waals surface area contributed by atoms with Crippen LogP contribution >= 0.6 is 0 Å². The van der Waals surface area contributed by atoms with Crippen LogP contribution in [0.25, 0.3) is 0 Å². The number of carbonyl (C=O) groups excluding carboxylic acids is 2. The zero-order valence-electron chi connectivity index (χ0n) is 15.2. The van der Waals surface area contributed by atoms with Crippen LogP contribution in [-0.2, 0) is 14.9 Å². The molecule has 0 saturated heterocycles. The van der Waals surface area contributed by atoms with E-state index in [4.69, 9.17) is 4.74 Å². The van der Waals surface area contributed by atoms with Crippen LogP contribution < -0.4 is 10.6 Å². The summed E-state index contributed by atoms with van der Waals surface area (Å²) in [5.41, 5.74) is 3.05. The topological polar surface area (TPSA) is 67.4 Å². The Bertz CT molecular complexity index is 667. The molecule has 2 amide bonds. The van der Waals surface area contributed by atoms with Crippen LogP contribution in [0.3, 0.4) is 0 Å². The number of hydrogen-bond donors (Lipinski definition) is 2. The van der Waals surface area contributed by atoms with Crippen molar-refractivity contribution in [1.29, 1.82) is 0 Å². The lowest BCUT2D eigenvalue weighted by Crippen LogP contribution is -2.45. The van der Waals surface area contributed by atoms with Crippen molar-refractivity contribution in [1.82, 2.24) is 10.6 Å². The van der Waals surface area contributed by atoms with Gasteiger partial charge in [0, 0.05) is 5.70 Å². The SMILES string of the molecule is CC1=C(C(=O)OC(C)C)[C@@H](c2ccc(C(C)(C)C)cc2)NC(=O)N1. The standard InChI is InChI=1S/C19H26N2O3/c1-11(2)24-17(22)15-12(3)20-18(23)21-16(15)13-7-9-14(10-8-13)19(4,5)6/h7-11,16H,1-6H3,(H2,20,21,23)/t16-/m1/s1. The van der Waals surface area contributed by atoms with E-state index in [0.717, 1.165) is 5.56 Å². The van der Waals surface area contributed by atoms with Gasteiger partial charge in [-0.2, -0.15) is 0 Å². The van der Waals surface area contributed by atoms with E-state index in [1.165, 1.54) is 5.56 Å². The first-order valence-electron chi connectivity index (χ1n) is 8.19. The minimum atomic E-state index is -0.515. The summed E-state index contributed by atoms with van der Waals surface area (Å²) in [5.74, 6) is -0.417. The molecule has 5 nitrogen and oxygen atoms in total. The normalized spacial score (nSPS) is 18.3. The molecule has 130 valence electrons. The van der Waals surface area contributed by atoms with Crippen molar-refractivity contribution in [2.75, 3.05) is 0 Å². The van der Waals surface area contributed by atoms with Crippen molar-refractivity contribution in [3.05, 3.63) is 46.7 Å². The second kappa shape index (κ2) is 6.67.